The summed E-state index contributed by atoms with van der Waals surface area (Å²) in [6.45, 7) is 11.3. The highest BCUT2D eigenvalue weighted by molar-refractivity contribution is 6.01. The third-order valence-corrected chi connectivity index (χ3v) is 11.6. The fourth-order valence-electron chi connectivity index (χ4n) is 10.4. The first-order valence-corrected chi connectivity index (χ1v) is 12.7. The summed E-state index contributed by atoms with van der Waals surface area (Å²) in [6, 6.07) is 0.731. The molecule has 3 saturated carbocycles. The molecule has 3 aliphatic heterocycles. The normalized spacial score (nSPS) is 60.7. The van der Waals surface area contributed by atoms with Crippen LogP contribution in [0.2, 0.25) is 0 Å². The predicted octanol–water partition coefficient (Wildman–Crippen LogP) is 4.98. The molecular weight excluding hydrogens is 370 g/mol. The van der Waals surface area contributed by atoms with E-state index in [2.05, 4.69) is 38.7 Å². The van der Waals surface area contributed by atoms with Crippen LogP contribution in [0.5, 0.6) is 0 Å². The molecule has 1 spiro atoms. The van der Waals surface area contributed by atoms with Crippen molar-refractivity contribution in [2.45, 2.75) is 84.1 Å². The maximum atomic E-state index is 12.0. The van der Waals surface area contributed by atoms with Gasteiger partial charge in [-0.3, -0.25) is 9.69 Å². The number of ketones is 1. The van der Waals surface area contributed by atoms with Gasteiger partial charge in [0, 0.05) is 23.9 Å². The van der Waals surface area contributed by atoms with E-state index < -0.39 is 0 Å². The van der Waals surface area contributed by atoms with Crippen LogP contribution in [0.25, 0.3) is 0 Å². The van der Waals surface area contributed by atoms with Crippen molar-refractivity contribution in [1.82, 2.24) is 4.90 Å². The number of fused-ring (bicyclic) bond motifs is 8. The fourth-order valence-corrected chi connectivity index (χ4v) is 10.4. The summed E-state index contributed by atoms with van der Waals surface area (Å²) in [4.78, 5) is 14.9. The van der Waals surface area contributed by atoms with Gasteiger partial charge < -0.3 is 4.74 Å². The topological polar surface area (TPSA) is 32.8 Å². The zero-order valence-electron chi connectivity index (χ0n) is 19.1. The standard InChI is InChI=1S/C27H37NO2/c1-15-11-23-27(30-23)16(2)24-22(28(27)14-15)13-21-19-6-5-17-12-18(29)7-9-25(17,3)20(19)8-10-26(21,24)4/h7,9,12,15-16,19-24H,5-6,8,10-11,13-14H2,1-4H3/t15-,16-,19+,20?,21-,22-,23+,24-,25-,26-,27+/m0/s1. The van der Waals surface area contributed by atoms with Gasteiger partial charge in [0.05, 0.1) is 0 Å². The second kappa shape index (κ2) is 5.52. The number of epoxide rings is 1. The Morgan fingerprint density at radius 2 is 1.97 bits per heavy atom. The first-order valence-electron chi connectivity index (χ1n) is 12.7. The number of carbonyl (C=O) groups is 1. The monoisotopic (exact) mass is 407 g/mol. The van der Waals surface area contributed by atoms with Crippen LogP contribution in [0.4, 0.5) is 0 Å². The Bertz CT molecular complexity index is 891. The van der Waals surface area contributed by atoms with E-state index in [1.807, 2.05) is 12.2 Å². The molecule has 7 aliphatic rings. The first kappa shape index (κ1) is 18.6. The van der Waals surface area contributed by atoms with Gasteiger partial charge in [-0.1, -0.05) is 39.3 Å². The lowest BCUT2D eigenvalue weighted by molar-refractivity contribution is -0.111. The summed E-state index contributed by atoms with van der Waals surface area (Å²) in [5.74, 6) is 4.81. The van der Waals surface area contributed by atoms with Gasteiger partial charge in [-0.05, 0) is 85.7 Å². The molecule has 0 radical (unpaired) electrons. The Hall–Kier alpha value is -0.930. The minimum Gasteiger partial charge on any atom is -0.350 e. The van der Waals surface area contributed by atoms with E-state index in [1.54, 1.807) is 0 Å². The molecule has 3 nitrogen and oxygen atoms in total. The highest BCUT2D eigenvalue weighted by Crippen LogP contribution is 2.73. The largest absolute Gasteiger partial charge is 0.350 e. The van der Waals surface area contributed by atoms with Crippen molar-refractivity contribution < 1.29 is 9.53 Å². The molecule has 0 aromatic carbocycles. The van der Waals surface area contributed by atoms with E-state index in [0.29, 0.717) is 23.4 Å². The van der Waals surface area contributed by atoms with Gasteiger partial charge in [-0.25, -0.2) is 0 Å². The van der Waals surface area contributed by atoms with Gasteiger partial charge in [0.1, 0.15) is 6.10 Å². The molecule has 0 bridgehead atoms. The molecule has 3 heterocycles. The second-order valence-corrected chi connectivity index (χ2v) is 12.6. The smallest absolute Gasteiger partial charge is 0.178 e. The lowest BCUT2D eigenvalue weighted by Gasteiger charge is -2.57. The maximum Gasteiger partial charge on any atom is 0.178 e. The van der Waals surface area contributed by atoms with Gasteiger partial charge in [-0.2, -0.15) is 0 Å². The van der Waals surface area contributed by atoms with E-state index in [-0.39, 0.29) is 16.9 Å². The zero-order chi connectivity index (χ0) is 20.6. The molecule has 6 fully saturated rings. The van der Waals surface area contributed by atoms with Crippen LogP contribution >= 0.6 is 0 Å². The minimum atomic E-state index is 0.105. The summed E-state index contributed by atoms with van der Waals surface area (Å²) in [5.41, 5.74) is 2.10. The average molecular weight is 408 g/mol. The van der Waals surface area contributed by atoms with Crippen molar-refractivity contribution in [2.75, 3.05) is 6.54 Å². The van der Waals surface area contributed by atoms with Crippen LogP contribution < -0.4 is 0 Å². The Kier molecular flexibility index (Phi) is 3.42. The van der Waals surface area contributed by atoms with Gasteiger partial charge in [0.15, 0.2) is 11.5 Å². The first-order chi connectivity index (χ1) is 14.3. The van der Waals surface area contributed by atoms with E-state index in [4.69, 9.17) is 4.74 Å². The average Bonchev–Trinajstić information content (AvgIpc) is 3.28. The van der Waals surface area contributed by atoms with Crippen LogP contribution in [0, 0.1) is 46.3 Å². The van der Waals surface area contributed by atoms with Crippen LogP contribution in [0.3, 0.4) is 0 Å². The Morgan fingerprint density at radius 1 is 1.13 bits per heavy atom. The number of allylic oxidation sites excluding steroid dienone is 4. The summed E-state index contributed by atoms with van der Waals surface area (Å²) in [7, 11) is 0. The van der Waals surface area contributed by atoms with E-state index in [1.165, 1.54) is 44.2 Å². The van der Waals surface area contributed by atoms with Crippen molar-refractivity contribution in [1.29, 1.82) is 0 Å². The van der Waals surface area contributed by atoms with Crippen LogP contribution in [-0.2, 0) is 9.53 Å². The lowest BCUT2D eigenvalue weighted by Crippen LogP contribution is -2.51. The van der Waals surface area contributed by atoms with Gasteiger partial charge in [-0.15, -0.1) is 0 Å². The molecule has 0 amide bonds. The second-order valence-electron chi connectivity index (χ2n) is 12.6. The molecule has 11 atom stereocenters. The van der Waals surface area contributed by atoms with Crippen molar-refractivity contribution in [3.05, 3.63) is 23.8 Å². The SMILES string of the molecule is C[C@H]1C[C@H]2O[C@]23[C@@H](C)[C@H]2[C@H](C[C@H]4[C@@H]5CCC6=CC(=O)C=C[C@]6(C)C5CC[C@]24C)N3C1. The molecule has 7 rings (SSSR count). The van der Waals surface area contributed by atoms with Gasteiger partial charge >= 0.3 is 0 Å². The molecule has 1 unspecified atom stereocenters. The Balaban J connectivity index is 1.25. The van der Waals surface area contributed by atoms with Crippen LogP contribution in [0.15, 0.2) is 23.8 Å². The zero-order valence-corrected chi connectivity index (χ0v) is 19.1. The number of piperidine rings is 1. The van der Waals surface area contributed by atoms with Crippen LogP contribution in [-0.4, -0.2) is 35.1 Å². The molecule has 4 aliphatic carbocycles. The summed E-state index contributed by atoms with van der Waals surface area (Å²) >= 11 is 0. The van der Waals surface area contributed by atoms with Crippen molar-refractivity contribution in [3.63, 3.8) is 0 Å². The third-order valence-electron chi connectivity index (χ3n) is 11.6. The molecule has 162 valence electrons. The number of ether oxygens (including phenoxy) is 1. The number of hydrogen-bond donors (Lipinski definition) is 0. The van der Waals surface area contributed by atoms with Crippen molar-refractivity contribution in [3.8, 4) is 0 Å². The highest BCUT2D eigenvalue weighted by Gasteiger charge is 2.78. The molecule has 3 heteroatoms. The minimum absolute atomic E-state index is 0.105. The quantitative estimate of drug-likeness (QED) is 0.531. The number of nitrogens with zero attached hydrogens (tertiary/aromatic N) is 1. The van der Waals surface area contributed by atoms with Gasteiger partial charge in [0.25, 0.3) is 0 Å². The van der Waals surface area contributed by atoms with Crippen LogP contribution in [0.1, 0.15) is 66.2 Å². The Morgan fingerprint density at radius 3 is 2.80 bits per heavy atom. The van der Waals surface area contributed by atoms with Gasteiger partial charge in [0.2, 0.25) is 0 Å². The predicted molar refractivity (Wildman–Crippen MR) is 117 cm³/mol. The van der Waals surface area contributed by atoms with E-state index in [9.17, 15) is 4.79 Å². The molecular formula is C27H37NO2. The molecule has 3 saturated heterocycles. The highest BCUT2D eigenvalue weighted by atomic mass is 16.6. The molecule has 0 aromatic heterocycles. The fraction of sp³-hybridized carbons (Fsp3) is 0.815. The summed E-state index contributed by atoms with van der Waals surface area (Å²) in [6.07, 6.45) is 14.4. The Labute approximate surface area is 181 Å². The maximum absolute atomic E-state index is 12.0. The van der Waals surface area contributed by atoms with Crippen molar-refractivity contribution >= 4 is 5.78 Å². The van der Waals surface area contributed by atoms with Crippen molar-refractivity contribution in [2.24, 2.45) is 46.3 Å². The summed E-state index contributed by atoms with van der Waals surface area (Å²) in [5, 5.41) is 0. The number of rotatable bonds is 0. The number of hydrogen-bond acceptors (Lipinski definition) is 3. The lowest BCUT2D eigenvalue weighted by atomic mass is 9.47. The molecule has 0 N–H and O–H groups in total. The molecule has 30 heavy (non-hydrogen) atoms. The summed E-state index contributed by atoms with van der Waals surface area (Å²) < 4.78 is 6.51. The third kappa shape index (κ3) is 1.95. The number of carbonyl (C=O) groups excluding carboxylic acids is 1. The molecule has 0 aromatic rings. The van der Waals surface area contributed by atoms with E-state index in [0.717, 1.165) is 36.1 Å². The van der Waals surface area contributed by atoms with E-state index >= 15 is 0 Å².